The SMILES string of the molecule is Cc1ccc(C(=O)Nc2ccc(Cl)cc2Br)c(F)c1. The number of benzene rings is 2. The molecular weight excluding hydrogens is 333 g/mol. The molecule has 1 amide bonds. The molecule has 0 aliphatic rings. The van der Waals surface area contributed by atoms with Gasteiger partial charge in [-0.3, -0.25) is 4.79 Å². The highest BCUT2D eigenvalue weighted by molar-refractivity contribution is 9.10. The number of aryl methyl sites for hydroxylation is 1. The van der Waals surface area contributed by atoms with Gasteiger partial charge < -0.3 is 5.32 Å². The monoisotopic (exact) mass is 341 g/mol. The van der Waals surface area contributed by atoms with E-state index in [0.717, 1.165) is 5.56 Å². The molecule has 0 bridgehead atoms. The van der Waals surface area contributed by atoms with E-state index in [9.17, 15) is 9.18 Å². The van der Waals surface area contributed by atoms with Gasteiger partial charge in [-0.05, 0) is 58.7 Å². The molecule has 98 valence electrons. The molecule has 0 aliphatic heterocycles. The summed E-state index contributed by atoms with van der Waals surface area (Å²) in [5.41, 5.74) is 1.31. The van der Waals surface area contributed by atoms with Crippen LogP contribution in [0.5, 0.6) is 0 Å². The summed E-state index contributed by atoms with van der Waals surface area (Å²) in [5, 5.41) is 3.18. The molecule has 5 heteroatoms. The van der Waals surface area contributed by atoms with Crippen LogP contribution in [0.2, 0.25) is 5.02 Å². The van der Waals surface area contributed by atoms with Gasteiger partial charge in [-0.1, -0.05) is 17.7 Å². The molecule has 0 heterocycles. The molecule has 1 N–H and O–H groups in total. The van der Waals surface area contributed by atoms with Crippen LogP contribution in [0.3, 0.4) is 0 Å². The molecule has 0 spiro atoms. The average molecular weight is 343 g/mol. The fourth-order valence-electron chi connectivity index (χ4n) is 1.58. The van der Waals surface area contributed by atoms with Gasteiger partial charge in [0.15, 0.2) is 0 Å². The number of halogens is 3. The zero-order valence-corrected chi connectivity index (χ0v) is 12.3. The van der Waals surface area contributed by atoms with Crippen LogP contribution in [0.1, 0.15) is 15.9 Å². The zero-order chi connectivity index (χ0) is 14.0. The molecule has 0 saturated carbocycles. The van der Waals surface area contributed by atoms with E-state index < -0.39 is 11.7 Å². The maximum absolute atomic E-state index is 13.7. The topological polar surface area (TPSA) is 29.1 Å². The second-order valence-electron chi connectivity index (χ2n) is 4.06. The minimum atomic E-state index is -0.539. The van der Waals surface area contributed by atoms with Crippen molar-refractivity contribution in [2.75, 3.05) is 5.32 Å². The van der Waals surface area contributed by atoms with E-state index in [1.54, 1.807) is 31.2 Å². The molecule has 19 heavy (non-hydrogen) atoms. The number of hydrogen-bond acceptors (Lipinski definition) is 1. The first-order valence-electron chi connectivity index (χ1n) is 5.50. The lowest BCUT2D eigenvalue weighted by atomic mass is 10.1. The molecular formula is C14H10BrClFNO. The van der Waals surface area contributed by atoms with Crippen molar-refractivity contribution in [2.45, 2.75) is 6.92 Å². The summed E-state index contributed by atoms with van der Waals surface area (Å²) in [6.45, 7) is 1.76. The Morgan fingerprint density at radius 2 is 2.00 bits per heavy atom. The van der Waals surface area contributed by atoms with Gasteiger partial charge in [-0.15, -0.1) is 0 Å². The van der Waals surface area contributed by atoms with Gasteiger partial charge in [0.25, 0.3) is 5.91 Å². The van der Waals surface area contributed by atoms with E-state index >= 15 is 0 Å². The smallest absolute Gasteiger partial charge is 0.258 e. The van der Waals surface area contributed by atoms with E-state index in [-0.39, 0.29) is 5.56 Å². The van der Waals surface area contributed by atoms with Crippen LogP contribution >= 0.6 is 27.5 Å². The Morgan fingerprint density at radius 3 is 2.63 bits per heavy atom. The molecule has 0 saturated heterocycles. The molecule has 0 radical (unpaired) electrons. The maximum Gasteiger partial charge on any atom is 0.258 e. The Labute approximate surface area is 123 Å². The standard InChI is InChI=1S/C14H10BrClFNO/c1-8-2-4-10(12(17)6-8)14(19)18-13-5-3-9(16)7-11(13)15/h2-7H,1H3,(H,18,19). The van der Waals surface area contributed by atoms with Crippen molar-refractivity contribution < 1.29 is 9.18 Å². The molecule has 0 atom stereocenters. The predicted octanol–water partition coefficient (Wildman–Crippen LogP) is 4.80. The Kier molecular flexibility index (Phi) is 4.22. The summed E-state index contributed by atoms with van der Waals surface area (Å²) in [6.07, 6.45) is 0. The minimum Gasteiger partial charge on any atom is -0.321 e. The lowest BCUT2D eigenvalue weighted by Gasteiger charge is -2.08. The van der Waals surface area contributed by atoms with Gasteiger partial charge in [-0.25, -0.2) is 4.39 Å². The van der Waals surface area contributed by atoms with Crippen LogP contribution < -0.4 is 5.32 Å². The summed E-state index contributed by atoms with van der Waals surface area (Å²) < 4.78 is 14.3. The summed E-state index contributed by atoms with van der Waals surface area (Å²) in [4.78, 5) is 12.0. The third kappa shape index (κ3) is 3.33. The lowest BCUT2D eigenvalue weighted by molar-refractivity contribution is 0.102. The minimum absolute atomic E-state index is 0.00690. The summed E-state index contributed by atoms with van der Waals surface area (Å²) in [6, 6.07) is 9.43. The van der Waals surface area contributed by atoms with Gasteiger partial charge in [0.2, 0.25) is 0 Å². The molecule has 0 aromatic heterocycles. The molecule has 0 aliphatic carbocycles. The number of anilines is 1. The first-order valence-corrected chi connectivity index (χ1v) is 6.67. The zero-order valence-electron chi connectivity index (χ0n) is 10.0. The Bertz CT molecular complexity index is 645. The Morgan fingerprint density at radius 1 is 1.26 bits per heavy atom. The average Bonchev–Trinajstić information content (AvgIpc) is 2.32. The molecule has 2 rings (SSSR count). The van der Waals surface area contributed by atoms with Crippen molar-refractivity contribution >= 4 is 39.1 Å². The number of hydrogen-bond donors (Lipinski definition) is 1. The van der Waals surface area contributed by atoms with Crippen LogP contribution in [-0.4, -0.2) is 5.91 Å². The third-order valence-corrected chi connectivity index (χ3v) is 3.44. The first-order chi connectivity index (χ1) is 8.97. The number of rotatable bonds is 2. The highest BCUT2D eigenvalue weighted by atomic mass is 79.9. The van der Waals surface area contributed by atoms with Crippen molar-refractivity contribution in [3.63, 3.8) is 0 Å². The van der Waals surface area contributed by atoms with Crippen LogP contribution in [0.25, 0.3) is 0 Å². The highest BCUT2D eigenvalue weighted by Crippen LogP contribution is 2.26. The molecule has 0 unspecified atom stereocenters. The summed E-state index contributed by atoms with van der Waals surface area (Å²) in [7, 11) is 0. The summed E-state index contributed by atoms with van der Waals surface area (Å²) >= 11 is 9.10. The molecule has 0 fully saturated rings. The van der Waals surface area contributed by atoms with Crippen molar-refractivity contribution in [3.05, 3.63) is 62.8 Å². The van der Waals surface area contributed by atoms with E-state index in [4.69, 9.17) is 11.6 Å². The summed E-state index contributed by atoms with van der Waals surface area (Å²) in [5.74, 6) is -1.04. The van der Waals surface area contributed by atoms with Crippen molar-refractivity contribution in [1.82, 2.24) is 0 Å². The number of carbonyl (C=O) groups excluding carboxylic acids is 1. The molecule has 2 aromatic carbocycles. The van der Waals surface area contributed by atoms with Crippen molar-refractivity contribution in [1.29, 1.82) is 0 Å². The van der Waals surface area contributed by atoms with Crippen molar-refractivity contribution in [3.8, 4) is 0 Å². The fourth-order valence-corrected chi connectivity index (χ4v) is 2.37. The lowest BCUT2D eigenvalue weighted by Crippen LogP contribution is -2.14. The van der Waals surface area contributed by atoms with Gasteiger partial charge in [0.05, 0.1) is 11.3 Å². The van der Waals surface area contributed by atoms with E-state index in [1.807, 2.05) is 0 Å². The highest BCUT2D eigenvalue weighted by Gasteiger charge is 2.13. The largest absolute Gasteiger partial charge is 0.321 e. The fraction of sp³-hybridized carbons (Fsp3) is 0.0714. The maximum atomic E-state index is 13.7. The van der Waals surface area contributed by atoms with Crippen LogP contribution in [-0.2, 0) is 0 Å². The number of carbonyl (C=O) groups is 1. The van der Waals surface area contributed by atoms with Crippen LogP contribution in [0, 0.1) is 12.7 Å². The predicted molar refractivity (Wildman–Crippen MR) is 78.2 cm³/mol. The molecule has 2 aromatic rings. The Hall–Kier alpha value is -1.39. The molecule has 2 nitrogen and oxygen atoms in total. The third-order valence-electron chi connectivity index (χ3n) is 2.55. The van der Waals surface area contributed by atoms with E-state index in [0.29, 0.717) is 15.2 Å². The van der Waals surface area contributed by atoms with Gasteiger partial charge in [0, 0.05) is 9.50 Å². The second kappa shape index (κ2) is 5.72. The van der Waals surface area contributed by atoms with Crippen LogP contribution in [0.4, 0.5) is 10.1 Å². The van der Waals surface area contributed by atoms with Gasteiger partial charge in [0.1, 0.15) is 5.82 Å². The number of nitrogens with one attached hydrogen (secondary N) is 1. The second-order valence-corrected chi connectivity index (χ2v) is 5.35. The quantitative estimate of drug-likeness (QED) is 0.834. The van der Waals surface area contributed by atoms with Crippen molar-refractivity contribution in [2.24, 2.45) is 0 Å². The first kappa shape index (κ1) is 14.0. The van der Waals surface area contributed by atoms with E-state index in [2.05, 4.69) is 21.2 Å². The van der Waals surface area contributed by atoms with Gasteiger partial charge >= 0.3 is 0 Å². The Balaban J connectivity index is 2.25. The van der Waals surface area contributed by atoms with Gasteiger partial charge in [-0.2, -0.15) is 0 Å². The van der Waals surface area contributed by atoms with E-state index in [1.165, 1.54) is 12.1 Å². The normalized spacial score (nSPS) is 10.3. The number of amides is 1. The van der Waals surface area contributed by atoms with Crippen LogP contribution in [0.15, 0.2) is 40.9 Å².